The number of aliphatic hydroxyl groups excluding tert-OH is 1. The van der Waals surface area contributed by atoms with Gasteiger partial charge in [-0.05, 0) is 19.1 Å². The molecule has 1 aromatic carbocycles. The van der Waals surface area contributed by atoms with Crippen molar-refractivity contribution in [2.75, 3.05) is 6.61 Å². The van der Waals surface area contributed by atoms with Crippen molar-refractivity contribution in [1.29, 1.82) is 0 Å². The number of nitro benzene ring substituents is 1. The molecule has 2 rings (SSSR count). The zero-order valence-electron chi connectivity index (χ0n) is 11.3. The van der Waals surface area contributed by atoms with Gasteiger partial charge in [-0.1, -0.05) is 12.1 Å². The van der Waals surface area contributed by atoms with Crippen molar-refractivity contribution in [2.24, 2.45) is 0 Å². The molecule has 8 nitrogen and oxygen atoms in total. The lowest BCUT2D eigenvalue weighted by molar-refractivity contribution is -0.384. The molecule has 2 aromatic rings. The van der Waals surface area contributed by atoms with E-state index in [2.05, 4.69) is 10.4 Å². The molecule has 0 aliphatic carbocycles. The van der Waals surface area contributed by atoms with E-state index in [9.17, 15) is 14.9 Å². The maximum absolute atomic E-state index is 11.8. The van der Waals surface area contributed by atoms with Crippen LogP contribution in [0.2, 0.25) is 0 Å². The van der Waals surface area contributed by atoms with Gasteiger partial charge in [0.05, 0.1) is 11.5 Å². The molecule has 0 saturated heterocycles. The highest BCUT2D eigenvalue weighted by atomic mass is 16.6. The molecule has 110 valence electrons. The zero-order chi connectivity index (χ0) is 15.4. The molecule has 1 atom stereocenters. The third-order valence-corrected chi connectivity index (χ3v) is 2.80. The van der Waals surface area contributed by atoms with E-state index < -0.39 is 16.9 Å². The molecule has 0 bridgehead atoms. The van der Waals surface area contributed by atoms with E-state index in [1.165, 1.54) is 23.0 Å². The van der Waals surface area contributed by atoms with Crippen LogP contribution in [-0.2, 0) is 0 Å². The van der Waals surface area contributed by atoms with Crippen LogP contribution in [0.25, 0.3) is 5.69 Å². The first-order chi connectivity index (χ1) is 10.0. The summed E-state index contributed by atoms with van der Waals surface area (Å²) in [5.41, 5.74) is 0.293. The van der Waals surface area contributed by atoms with E-state index in [0.717, 1.165) is 0 Å². The van der Waals surface area contributed by atoms with E-state index in [1.54, 1.807) is 25.1 Å². The molecule has 0 aliphatic heterocycles. The Morgan fingerprint density at radius 2 is 2.19 bits per heavy atom. The Morgan fingerprint density at radius 1 is 1.48 bits per heavy atom. The maximum atomic E-state index is 11.8. The molecule has 0 fully saturated rings. The Balaban J connectivity index is 2.28. The van der Waals surface area contributed by atoms with Crippen LogP contribution < -0.4 is 5.32 Å². The average Bonchev–Trinajstić information content (AvgIpc) is 2.96. The molecule has 2 N–H and O–H groups in total. The minimum Gasteiger partial charge on any atom is -0.394 e. The van der Waals surface area contributed by atoms with Gasteiger partial charge < -0.3 is 10.4 Å². The molecule has 1 unspecified atom stereocenters. The standard InChI is InChI=1S/C13H14N4O4/c1-9(8-18)14-13(19)10-6-7-16(15-10)11-4-2-3-5-12(11)17(20)21/h2-7,9,18H,8H2,1H3,(H,14,19). The van der Waals surface area contributed by atoms with E-state index in [1.807, 2.05) is 0 Å². The summed E-state index contributed by atoms with van der Waals surface area (Å²) in [7, 11) is 0. The van der Waals surface area contributed by atoms with Crippen molar-refractivity contribution in [3.63, 3.8) is 0 Å². The molecule has 0 radical (unpaired) electrons. The predicted molar refractivity (Wildman–Crippen MR) is 74.2 cm³/mol. The molecule has 8 heteroatoms. The number of hydrogen-bond donors (Lipinski definition) is 2. The third kappa shape index (κ3) is 3.23. The highest BCUT2D eigenvalue weighted by molar-refractivity contribution is 5.92. The van der Waals surface area contributed by atoms with E-state index in [4.69, 9.17) is 5.11 Å². The normalized spacial score (nSPS) is 11.9. The number of aliphatic hydroxyl groups is 1. The van der Waals surface area contributed by atoms with Crippen molar-refractivity contribution >= 4 is 11.6 Å². The number of hydrogen-bond acceptors (Lipinski definition) is 5. The number of carbonyl (C=O) groups excluding carboxylic acids is 1. The van der Waals surface area contributed by atoms with E-state index in [0.29, 0.717) is 0 Å². The maximum Gasteiger partial charge on any atom is 0.294 e. The fourth-order valence-electron chi connectivity index (χ4n) is 1.73. The number of benzene rings is 1. The van der Waals surface area contributed by atoms with Crippen LogP contribution >= 0.6 is 0 Å². The summed E-state index contributed by atoms with van der Waals surface area (Å²) in [4.78, 5) is 22.3. The summed E-state index contributed by atoms with van der Waals surface area (Å²) < 4.78 is 1.27. The number of nitrogens with one attached hydrogen (secondary N) is 1. The molecule has 1 amide bonds. The second-order valence-corrected chi connectivity index (χ2v) is 4.45. The van der Waals surface area contributed by atoms with Crippen molar-refractivity contribution < 1.29 is 14.8 Å². The van der Waals surface area contributed by atoms with Crippen LogP contribution in [0.15, 0.2) is 36.5 Å². The lowest BCUT2D eigenvalue weighted by atomic mass is 10.3. The Morgan fingerprint density at radius 3 is 2.86 bits per heavy atom. The van der Waals surface area contributed by atoms with Gasteiger partial charge in [0.15, 0.2) is 5.69 Å². The van der Waals surface area contributed by atoms with Gasteiger partial charge in [-0.25, -0.2) is 4.68 Å². The quantitative estimate of drug-likeness (QED) is 0.627. The lowest BCUT2D eigenvalue weighted by Crippen LogP contribution is -2.35. The molecule has 0 saturated carbocycles. The number of amides is 1. The first-order valence-electron chi connectivity index (χ1n) is 6.24. The summed E-state index contributed by atoms with van der Waals surface area (Å²) in [6.07, 6.45) is 1.47. The molecular weight excluding hydrogens is 276 g/mol. The fraction of sp³-hybridized carbons (Fsp3) is 0.231. The zero-order valence-corrected chi connectivity index (χ0v) is 11.3. The number of nitrogens with zero attached hydrogens (tertiary/aromatic N) is 3. The summed E-state index contributed by atoms with van der Waals surface area (Å²) in [6.45, 7) is 1.47. The smallest absolute Gasteiger partial charge is 0.294 e. The fourth-order valence-corrected chi connectivity index (χ4v) is 1.73. The average molecular weight is 290 g/mol. The van der Waals surface area contributed by atoms with Crippen LogP contribution in [-0.4, -0.2) is 38.4 Å². The highest BCUT2D eigenvalue weighted by Gasteiger charge is 2.17. The number of carbonyl (C=O) groups is 1. The lowest BCUT2D eigenvalue weighted by Gasteiger charge is -2.08. The second-order valence-electron chi connectivity index (χ2n) is 4.45. The van der Waals surface area contributed by atoms with Gasteiger partial charge in [-0.3, -0.25) is 14.9 Å². The van der Waals surface area contributed by atoms with Gasteiger partial charge in [0.25, 0.3) is 11.6 Å². The predicted octanol–water partition coefficient (Wildman–Crippen LogP) is 0.891. The SMILES string of the molecule is CC(CO)NC(=O)c1ccn(-c2ccccc2[N+](=O)[O-])n1. The highest BCUT2D eigenvalue weighted by Crippen LogP contribution is 2.21. The Kier molecular flexibility index (Phi) is 4.29. The molecule has 0 spiro atoms. The van der Waals surface area contributed by atoms with Crippen LogP contribution in [0.3, 0.4) is 0 Å². The second kappa shape index (κ2) is 6.14. The van der Waals surface area contributed by atoms with Gasteiger partial charge in [-0.2, -0.15) is 5.10 Å². The third-order valence-electron chi connectivity index (χ3n) is 2.80. The van der Waals surface area contributed by atoms with Gasteiger partial charge in [0, 0.05) is 18.3 Å². The van der Waals surface area contributed by atoms with Crippen molar-refractivity contribution in [1.82, 2.24) is 15.1 Å². The van der Waals surface area contributed by atoms with Gasteiger partial charge in [-0.15, -0.1) is 0 Å². The summed E-state index contributed by atoms with van der Waals surface area (Å²) >= 11 is 0. The van der Waals surface area contributed by atoms with Crippen molar-refractivity contribution in [2.45, 2.75) is 13.0 Å². The number of para-hydroxylation sites is 2. The molecule has 21 heavy (non-hydrogen) atoms. The number of aromatic nitrogens is 2. The molecule has 0 aliphatic rings. The monoisotopic (exact) mass is 290 g/mol. The minimum atomic E-state index is -0.509. The molecular formula is C13H14N4O4. The Labute approximate surface area is 120 Å². The first kappa shape index (κ1) is 14.7. The number of rotatable bonds is 5. The van der Waals surface area contributed by atoms with Gasteiger partial charge in [0.1, 0.15) is 5.69 Å². The van der Waals surface area contributed by atoms with Crippen LogP contribution in [0.1, 0.15) is 17.4 Å². The van der Waals surface area contributed by atoms with Crippen LogP contribution in [0.4, 0.5) is 5.69 Å². The first-order valence-corrected chi connectivity index (χ1v) is 6.24. The Bertz CT molecular complexity index is 668. The van der Waals surface area contributed by atoms with Gasteiger partial charge in [0.2, 0.25) is 0 Å². The topological polar surface area (TPSA) is 110 Å². The van der Waals surface area contributed by atoms with Crippen LogP contribution in [0.5, 0.6) is 0 Å². The van der Waals surface area contributed by atoms with Crippen LogP contribution in [0, 0.1) is 10.1 Å². The van der Waals surface area contributed by atoms with Crippen molar-refractivity contribution in [3.8, 4) is 5.69 Å². The summed E-state index contributed by atoms with van der Waals surface area (Å²) in [5.74, 6) is -0.450. The molecule has 1 heterocycles. The van der Waals surface area contributed by atoms with E-state index >= 15 is 0 Å². The summed E-state index contributed by atoms with van der Waals surface area (Å²) in [5, 5.41) is 26.5. The number of nitro groups is 1. The largest absolute Gasteiger partial charge is 0.394 e. The van der Waals surface area contributed by atoms with E-state index in [-0.39, 0.29) is 23.7 Å². The van der Waals surface area contributed by atoms with Crippen molar-refractivity contribution in [3.05, 3.63) is 52.3 Å². The molecule has 1 aromatic heterocycles. The summed E-state index contributed by atoms with van der Waals surface area (Å²) in [6, 6.07) is 7.18. The Hall–Kier alpha value is -2.74. The minimum absolute atomic E-state index is 0.101. The van der Waals surface area contributed by atoms with Gasteiger partial charge >= 0.3 is 0 Å².